The molecule has 2 aliphatic heterocycles. The van der Waals surface area contributed by atoms with Crippen LogP contribution in [0.15, 0.2) is 0 Å². The normalized spacial score (nSPS) is 21.4. The van der Waals surface area contributed by atoms with E-state index in [1.54, 1.807) is 18.9 Å². The van der Waals surface area contributed by atoms with Crippen molar-refractivity contribution in [1.29, 1.82) is 0 Å². The van der Waals surface area contributed by atoms with Crippen molar-refractivity contribution in [2.24, 2.45) is 5.92 Å². The fraction of sp³-hybridized carbons (Fsp3) is 1.00. The zero-order valence-corrected chi connectivity index (χ0v) is 19.4. The zero-order chi connectivity index (χ0) is 26.6. The molecule has 0 radical (unpaired) electrons. The van der Waals surface area contributed by atoms with E-state index in [1.165, 1.54) is 0 Å². The molecule has 0 aromatic heterocycles. The maximum Gasteiger partial charge on any atom is 0.434 e. The standard InChI is InChI=1S/C11H17F6NO.C8H14F4N2O/c1-3-19-11(16,17)9(12,13)10(14,15)18-6-4-8(2)5-7-18;1-13-3-5-14(6-4-13)7(9,10)8(11,12)15-2/h8H,3-7H2,1-2H3;3-6H2,1-2H3. The van der Waals surface area contributed by atoms with E-state index >= 15 is 0 Å². The lowest BCUT2D eigenvalue weighted by atomic mass is 9.98. The third-order valence-corrected chi connectivity index (χ3v) is 5.76. The summed E-state index contributed by atoms with van der Waals surface area (Å²) in [6.07, 6.45) is -9.10. The average molecular weight is 523 g/mol. The highest BCUT2D eigenvalue weighted by Gasteiger charge is 2.75. The molecule has 204 valence electrons. The fourth-order valence-corrected chi connectivity index (χ4v) is 3.33. The highest BCUT2D eigenvalue weighted by Crippen LogP contribution is 2.48. The average Bonchev–Trinajstić information content (AvgIpc) is 2.74. The van der Waals surface area contributed by atoms with Gasteiger partial charge in [-0.2, -0.15) is 43.9 Å². The number of ether oxygens (including phenoxy) is 2. The number of nitrogens with zero attached hydrogens (tertiary/aromatic N) is 3. The van der Waals surface area contributed by atoms with Crippen LogP contribution in [-0.4, -0.2) is 105 Å². The predicted octanol–water partition coefficient (Wildman–Crippen LogP) is 4.64. The molecule has 2 heterocycles. The lowest BCUT2D eigenvalue weighted by Gasteiger charge is -2.41. The Labute approximate surface area is 191 Å². The number of methoxy groups -OCH3 is 1. The highest BCUT2D eigenvalue weighted by molar-refractivity contribution is 4.93. The van der Waals surface area contributed by atoms with Crippen molar-refractivity contribution in [2.75, 3.05) is 60.0 Å². The van der Waals surface area contributed by atoms with Crippen LogP contribution >= 0.6 is 0 Å². The molecule has 2 aliphatic rings. The van der Waals surface area contributed by atoms with Crippen LogP contribution in [0.4, 0.5) is 43.9 Å². The van der Waals surface area contributed by atoms with Crippen molar-refractivity contribution >= 4 is 0 Å². The first kappa shape index (κ1) is 31.1. The van der Waals surface area contributed by atoms with Crippen LogP contribution in [-0.2, 0) is 9.47 Å². The van der Waals surface area contributed by atoms with E-state index in [0.717, 1.165) is 6.92 Å². The maximum atomic E-state index is 13.6. The van der Waals surface area contributed by atoms with Gasteiger partial charge in [-0.15, -0.1) is 0 Å². The number of hydrogen-bond donors (Lipinski definition) is 0. The van der Waals surface area contributed by atoms with Crippen molar-refractivity contribution in [2.45, 2.75) is 56.9 Å². The summed E-state index contributed by atoms with van der Waals surface area (Å²) in [5.41, 5.74) is 0. The fourth-order valence-electron chi connectivity index (χ4n) is 3.33. The van der Waals surface area contributed by atoms with Gasteiger partial charge in [0, 0.05) is 46.4 Å². The van der Waals surface area contributed by atoms with Crippen LogP contribution in [0.25, 0.3) is 0 Å². The van der Waals surface area contributed by atoms with Crippen molar-refractivity contribution in [3.63, 3.8) is 0 Å². The highest BCUT2D eigenvalue weighted by atomic mass is 19.4. The third-order valence-electron chi connectivity index (χ3n) is 5.76. The Morgan fingerprint density at radius 3 is 1.56 bits per heavy atom. The molecule has 0 N–H and O–H groups in total. The van der Waals surface area contributed by atoms with Gasteiger partial charge in [-0.05, 0) is 32.7 Å². The third kappa shape index (κ3) is 6.65. The number of rotatable bonds is 8. The summed E-state index contributed by atoms with van der Waals surface area (Å²) < 4.78 is 139. The van der Waals surface area contributed by atoms with Crippen LogP contribution < -0.4 is 0 Å². The molecular formula is C19H31F10N3O2. The molecule has 0 unspecified atom stereocenters. The Bertz CT molecular complexity index is 623. The minimum Gasteiger partial charge on any atom is -0.318 e. The first-order valence-corrected chi connectivity index (χ1v) is 10.6. The number of piperidine rings is 1. The van der Waals surface area contributed by atoms with Gasteiger partial charge in [-0.3, -0.25) is 0 Å². The quantitative estimate of drug-likeness (QED) is 0.342. The molecule has 5 nitrogen and oxygen atoms in total. The van der Waals surface area contributed by atoms with Crippen molar-refractivity contribution < 1.29 is 53.4 Å². The van der Waals surface area contributed by atoms with Crippen molar-refractivity contribution in [3.05, 3.63) is 0 Å². The summed E-state index contributed by atoms with van der Waals surface area (Å²) in [7, 11) is 2.33. The molecule has 0 spiro atoms. The van der Waals surface area contributed by atoms with E-state index in [0.29, 0.717) is 25.1 Å². The number of alkyl halides is 10. The van der Waals surface area contributed by atoms with Crippen molar-refractivity contribution in [3.8, 4) is 0 Å². The molecule has 0 saturated carbocycles. The Balaban J connectivity index is 0.000000350. The van der Waals surface area contributed by atoms with Crippen LogP contribution in [0.5, 0.6) is 0 Å². The van der Waals surface area contributed by atoms with Gasteiger partial charge in [0.05, 0.1) is 6.61 Å². The van der Waals surface area contributed by atoms with Crippen LogP contribution in [0.3, 0.4) is 0 Å². The van der Waals surface area contributed by atoms with Crippen LogP contribution in [0.1, 0.15) is 26.7 Å². The topological polar surface area (TPSA) is 28.2 Å². The molecular weight excluding hydrogens is 492 g/mol. The molecule has 34 heavy (non-hydrogen) atoms. The van der Waals surface area contributed by atoms with Crippen LogP contribution in [0.2, 0.25) is 0 Å². The second-order valence-corrected chi connectivity index (χ2v) is 8.29. The van der Waals surface area contributed by atoms with Gasteiger partial charge in [0.1, 0.15) is 0 Å². The van der Waals surface area contributed by atoms with Crippen molar-refractivity contribution in [1.82, 2.24) is 14.7 Å². The minimum atomic E-state index is -5.57. The van der Waals surface area contributed by atoms with E-state index in [9.17, 15) is 43.9 Å². The van der Waals surface area contributed by atoms with E-state index in [-0.39, 0.29) is 49.8 Å². The molecule has 2 fully saturated rings. The number of hydrogen-bond acceptors (Lipinski definition) is 5. The Morgan fingerprint density at radius 1 is 0.706 bits per heavy atom. The predicted molar refractivity (Wildman–Crippen MR) is 102 cm³/mol. The molecule has 0 amide bonds. The van der Waals surface area contributed by atoms with E-state index < -0.39 is 36.8 Å². The van der Waals surface area contributed by atoms with E-state index in [1.807, 2.05) is 0 Å². The molecule has 15 heteroatoms. The lowest BCUT2D eigenvalue weighted by molar-refractivity contribution is -0.423. The first-order valence-electron chi connectivity index (χ1n) is 10.6. The summed E-state index contributed by atoms with van der Waals surface area (Å²) in [4.78, 5) is 2.37. The van der Waals surface area contributed by atoms with E-state index in [4.69, 9.17) is 0 Å². The maximum absolute atomic E-state index is 13.6. The van der Waals surface area contributed by atoms with Gasteiger partial charge >= 0.3 is 30.2 Å². The monoisotopic (exact) mass is 523 g/mol. The molecule has 0 aromatic carbocycles. The number of halogens is 10. The Hall–Kier alpha value is -0.900. The first-order chi connectivity index (χ1) is 15.4. The minimum absolute atomic E-state index is 0.0948. The molecule has 2 saturated heterocycles. The summed E-state index contributed by atoms with van der Waals surface area (Å²) in [6, 6.07) is -9.19. The van der Waals surface area contributed by atoms with E-state index in [2.05, 4.69) is 9.47 Å². The number of likely N-dealkylation sites (N-methyl/N-ethyl adjacent to an activating group) is 1. The number of piperazine rings is 1. The van der Waals surface area contributed by atoms with Gasteiger partial charge < -0.3 is 14.4 Å². The van der Waals surface area contributed by atoms with Gasteiger partial charge in [-0.1, -0.05) is 6.92 Å². The smallest absolute Gasteiger partial charge is 0.318 e. The molecule has 2 rings (SSSR count). The van der Waals surface area contributed by atoms with Crippen LogP contribution in [0, 0.1) is 5.92 Å². The second kappa shape index (κ2) is 11.4. The molecule has 0 aromatic rings. The van der Waals surface area contributed by atoms with Gasteiger partial charge in [0.15, 0.2) is 0 Å². The zero-order valence-electron chi connectivity index (χ0n) is 19.4. The van der Waals surface area contributed by atoms with Gasteiger partial charge in [0.2, 0.25) is 0 Å². The summed E-state index contributed by atoms with van der Waals surface area (Å²) in [5.74, 6) is -5.45. The summed E-state index contributed by atoms with van der Waals surface area (Å²) >= 11 is 0. The number of likely N-dealkylation sites (tertiary alicyclic amines) is 1. The molecule has 0 bridgehead atoms. The summed E-state index contributed by atoms with van der Waals surface area (Å²) in [6.45, 7) is 1.86. The second-order valence-electron chi connectivity index (χ2n) is 8.29. The van der Waals surface area contributed by atoms with Gasteiger partial charge in [-0.25, -0.2) is 9.80 Å². The largest absolute Gasteiger partial charge is 0.434 e. The Kier molecular flexibility index (Phi) is 10.5. The summed E-state index contributed by atoms with van der Waals surface area (Å²) in [5, 5.41) is 0. The SMILES string of the molecule is CCOC(F)(F)C(F)(F)C(F)(F)N1CCC(C)CC1.COC(F)(F)C(F)(F)N1CCN(C)CC1. The Morgan fingerprint density at radius 2 is 1.15 bits per heavy atom. The van der Waals surface area contributed by atoms with Gasteiger partial charge in [0.25, 0.3) is 0 Å². The lowest BCUT2D eigenvalue weighted by Crippen LogP contribution is -2.64. The molecule has 0 aliphatic carbocycles. The molecule has 0 atom stereocenters.